The van der Waals surface area contributed by atoms with Crippen LogP contribution < -0.4 is 10.3 Å². The second kappa shape index (κ2) is 5.10. The topological polar surface area (TPSA) is 65.0 Å². The van der Waals surface area contributed by atoms with Crippen molar-refractivity contribution in [3.05, 3.63) is 42.1 Å². The summed E-state index contributed by atoms with van der Waals surface area (Å²) in [5.41, 5.74) is 1.71. The van der Waals surface area contributed by atoms with Crippen molar-refractivity contribution in [3.63, 3.8) is 0 Å². The molecule has 0 aromatic heterocycles. The molecule has 1 fully saturated rings. The van der Waals surface area contributed by atoms with E-state index in [9.17, 15) is 9.59 Å². The van der Waals surface area contributed by atoms with Crippen LogP contribution in [0.1, 0.15) is 6.92 Å². The zero-order valence-corrected chi connectivity index (χ0v) is 12.1. The first-order valence-corrected chi connectivity index (χ1v) is 6.74. The summed E-state index contributed by atoms with van der Waals surface area (Å²) in [6.45, 7) is 1.87. The van der Waals surface area contributed by atoms with Gasteiger partial charge in [-0.3, -0.25) is 9.59 Å². The maximum Gasteiger partial charge on any atom is 0.282 e. The summed E-state index contributed by atoms with van der Waals surface area (Å²) < 4.78 is 0. The fourth-order valence-electron chi connectivity index (χ4n) is 2.13. The second-order valence-corrected chi connectivity index (χ2v) is 5.05. The minimum atomic E-state index is -0.235. The van der Waals surface area contributed by atoms with Crippen LogP contribution in [0.2, 0.25) is 0 Å². The lowest BCUT2D eigenvalue weighted by molar-refractivity contribution is -0.118. The molecule has 0 bridgehead atoms. The Balaban J connectivity index is 1.89. The van der Waals surface area contributed by atoms with Crippen molar-refractivity contribution in [2.24, 2.45) is 5.10 Å². The Hall–Kier alpha value is -2.54. The Kier molecular flexibility index (Phi) is 3.26. The van der Waals surface area contributed by atoms with Crippen molar-refractivity contribution in [1.29, 1.82) is 0 Å². The zero-order chi connectivity index (χ0) is 15.0. The van der Waals surface area contributed by atoms with Crippen LogP contribution in [0.15, 0.2) is 47.2 Å². The molecule has 1 aromatic rings. The van der Waals surface area contributed by atoms with Crippen LogP contribution in [0.25, 0.3) is 0 Å². The quantitative estimate of drug-likeness (QED) is 0.654. The van der Waals surface area contributed by atoms with Crippen LogP contribution in [0.3, 0.4) is 0 Å². The van der Waals surface area contributed by atoms with Gasteiger partial charge in [-0.15, -0.1) is 0 Å². The van der Waals surface area contributed by atoms with E-state index in [1.54, 1.807) is 18.0 Å². The molecule has 1 saturated heterocycles. The maximum absolute atomic E-state index is 12.5. The van der Waals surface area contributed by atoms with E-state index >= 15 is 0 Å². The Morgan fingerprint density at radius 2 is 2.00 bits per heavy atom. The van der Waals surface area contributed by atoms with Gasteiger partial charge in [0.2, 0.25) is 5.91 Å². The van der Waals surface area contributed by atoms with Crippen molar-refractivity contribution in [2.75, 3.05) is 11.6 Å². The number of rotatable bonds is 2. The van der Waals surface area contributed by atoms with Crippen LogP contribution in [0, 0.1) is 0 Å². The molecule has 6 nitrogen and oxygen atoms in total. The van der Waals surface area contributed by atoms with Gasteiger partial charge >= 0.3 is 0 Å². The summed E-state index contributed by atoms with van der Waals surface area (Å²) in [5.74, 6) is -0.419. The van der Waals surface area contributed by atoms with Gasteiger partial charge in [-0.25, -0.2) is 0 Å². The molecule has 1 aromatic carbocycles. The minimum Gasteiger partial charge on any atom is -0.315 e. The summed E-state index contributed by atoms with van der Waals surface area (Å²) >= 11 is 5.04. The van der Waals surface area contributed by atoms with E-state index in [2.05, 4.69) is 10.4 Å². The molecular formula is C14H12N4O2S. The number of hydrogen-bond donors (Lipinski definition) is 1. The first-order chi connectivity index (χ1) is 10.1. The molecule has 0 unspecified atom stereocenters. The number of thiocarbonyl (C=S) groups is 1. The monoisotopic (exact) mass is 300 g/mol. The number of carbonyl (C=O) groups is 2. The highest BCUT2D eigenvalue weighted by Gasteiger charge is 2.31. The third-order valence-electron chi connectivity index (χ3n) is 3.17. The summed E-state index contributed by atoms with van der Waals surface area (Å²) in [5, 5.41) is 8.43. The fourth-order valence-corrected chi connectivity index (χ4v) is 2.36. The summed E-state index contributed by atoms with van der Waals surface area (Å²) in [4.78, 5) is 25.3. The molecule has 2 aliphatic rings. The summed E-state index contributed by atoms with van der Waals surface area (Å²) in [7, 11) is 0. The standard InChI is InChI=1S/C14H12N4O2S/c1-9-11(7-17-8-12(19)15-14(17)21)13(20)18(16-9)10-5-3-2-4-6-10/h2-7H,8H2,1H3,(H,15,19,21)/b11-7+. The molecule has 2 amide bonds. The lowest BCUT2D eigenvalue weighted by Gasteiger charge is -2.13. The molecule has 2 heterocycles. The predicted molar refractivity (Wildman–Crippen MR) is 82.6 cm³/mol. The molecule has 7 heteroatoms. The van der Waals surface area contributed by atoms with E-state index in [0.717, 1.165) is 0 Å². The second-order valence-electron chi connectivity index (χ2n) is 4.66. The summed E-state index contributed by atoms with van der Waals surface area (Å²) in [6.07, 6.45) is 1.57. The average Bonchev–Trinajstić information content (AvgIpc) is 2.93. The molecule has 0 aliphatic carbocycles. The van der Waals surface area contributed by atoms with Gasteiger partial charge in [-0.1, -0.05) is 18.2 Å². The number of benzene rings is 1. The Bertz CT molecular complexity index is 696. The summed E-state index contributed by atoms with van der Waals surface area (Å²) in [6, 6.07) is 9.17. The predicted octanol–water partition coefficient (Wildman–Crippen LogP) is 1.01. The number of nitrogens with one attached hydrogen (secondary N) is 1. The van der Waals surface area contributed by atoms with Crippen LogP contribution >= 0.6 is 12.2 Å². The highest BCUT2D eigenvalue weighted by atomic mass is 32.1. The van der Waals surface area contributed by atoms with Crippen molar-refractivity contribution >= 4 is 40.5 Å². The lowest BCUT2D eigenvalue weighted by atomic mass is 10.2. The SMILES string of the molecule is CC1=NN(c2ccccc2)C(=O)/C1=C/N1CC(=O)NC1=S. The lowest BCUT2D eigenvalue weighted by Crippen LogP contribution is -2.26. The van der Waals surface area contributed by atoms with Crippen LogP contribution in [-0.4, -0.2) is 34.1 Å². The Morgan fingerprint density at radius 3 is 2.62 bits per heavy atom. The molecule has 0 radical (unpaired) electrons. The molecule has 21 heavy (non-hydrogen) atoms. The van der Waals surface area contributed by atoms with Gasteiger partial charge < -0.3 is 10.2 Å². The van der Waals surface area contributed by atoms with Crippen molar-refractivity contribution in [2.45, 2.75) is 6.92 Å². The molecule has 0 spiro atoms. The number of para-hydroxylation sites is 1. The van der Waals surface area contributed by atoms with Crippen molar-refractivity contribution in [3.8, 4) is 0 Å². The third kappa shape index (κ3) is 2.43. The van der Waals surface area contributed by atoms with E-state index in [1.807, 2.05) is 30.3 Å². The number of carbonyl (C=O) groups excluding carboxylic acids is 2. The number of hydrogen-bond acceptors (Lipinski definition) is 4. The van der Waals surface area contributed by atoms with Crippen molar-refractivity contribution < 1.29 is 9.59 Å². The highest BCUT2D eigenvalue weighted by molar-refractivity contribution is 7.80. The largest absolute Gasteiger partial charge is 0.315 e. The van der Waals surface area contributed by atoms with Gasteiger partial charge in [0.05, 0.1) is 17.0 Å². The van der Waals surface area contributed by atoms with Gasteiger partial charge in [0.15, 0.2) is 5.11 Å². The average molecular weight is 300 g/mol. The molecule has 3 rings (SSSR count). The smallest absolute Gasteiger partial charge is 0.282 e. The number of amides is 2. The van der Waals surface area contributed by atoms with Crippen LogP contribution in [0.5, 0.6) is 0 Å². The molecule has 2 aliphatic heterocycles. The van der Waals surface area contributed by atoms with E-state index in [1.165, 1.54) is 5.01 Å². The van der Waals surface area contributed by atoms with E-state index in [-0.39, 0.29) is 18.4 Å². The van der Waals surface area contributed by atoms with Gasteiger partial charge in [-0.05, 0) is 31.3 Å². The zero-order valence-electron chi connectivity index (χ0n) is 11.2. The van der Waals surface area contributed by atoms with Gasteiger partial charge in [0, 0.05) is 6.20 Å². The number of nitrogens with zero attached hydrogens (tertiary/aromatic N) is 3. The number of hydrazone groups is 1. The van der Waals surface area contributed by atoms with Gasteiger partial charge in [0.25, 0.3) is 5.91 Å². The van der Waals surface area contributed by atoms with Crippen LogP contribution in [-0.2, 0) is 9.59 Å². The van der Waals surface area contributed by atoms with Gasteiger partial charge in [0.1, 0.15) is 6.54 Å². The van der Waals surface area contributed by atoms with Crippen LogP contribution in [0.4, 0.5) is 5.69 Å². The normalized spacial score (nSPS) is 20.3. The Labute approximate surface area is 126 Å². The van der Waals surface area contributed by atoms with E-state index < -0.39 is 0 Å². The van der Waals surface area contributed by atoms with E-state index in [4.69, 9.17) is 12.2 Å². The molecule has 0 saturated carbocycles. The first kappa shape index (κ1) is 13.4. The Morgan fingerprint density at radius 1 is 1.29 bits per heavy atom. The molecule has 0 atom stereocenters. The van der Waals surface area contributed by atoms with E-state index in [0.29, 0.717) is 22.1 Å². The highest BCUT2D eigenvalue weighted by Crippen LogP contribution is 2.23. The minimum absolute atomic E-state index is 0.119. The maximum atomic E-state index is 12.5. The fraction of sp³-hybridized carbons (Fsp3) is 0.143. The number of anilines is 1. The molecular weight excluding hydrogens is 288 g/mol. The first-order valence-electron chi connectivity index (χ1n) is 6.33. The third-order valence-corrected chi connectivity index (χ3v) is 3.51. The molecule has 1 N–H and O–H groups in total. The van der Waals surface area contributed by atoms with Crippen molar-refractivity contribution in [1.82, 2.24) is 10.2 Å². The van der Waals surface area contributed by atoms with Gasteiger partial charge in [-0.2, -0.15) is 10.1 Å². The molecule has 106 valence electrons.